The van der Waals surface area contributed by atoms with Crippen molar-refractivity contribution < 1.29 is 22.2 Å². The van der Waals surface area contributed by atoms with Gasteiger partial charge < -0.3 is 4.98 Å². The number of hydrogen-bond donors (Lipinski definition) is 2. The molecule has 0 spiro atoms. The molecule has 31 heavy (non-hydrogen) atoms. The van der Waals surface area contributed by atoms with Crippen molar-refractivity contribution in [2.24, 2.45) is 0 Å². The number of pyridine rings is 1. The van der Waals surface area contributed by atoms with Gasteiger partial charge in [0.05, 0.1) is 21.2 Å². The molecule has 0 saturated heterocycles. The lowest BCUT2D eigenvalue weighted by Crippen LogP contribution is -2.14. The molecule has 1 aromatic carbocycles. The predicted molar refractivity (Wildman–Crippen MR) is 108 cm³/mol. The van der Waals surface area contributed by atoms with Crippen molar-refractivity contribution in [3.63, 3.8) is 0 Å². The molecule has 7 nitrogen and oxygen atoms in total. The Hall–Kier alpha value is -3.31. The van der Waals surface area contributed by atoms with Crippen molar-refractivity contribution in [3.8, 4) is 0 Å². The van der Waals surface area contributed by atoms with Crippen LogP contribution in [0.2, 0.25) is 5.02 Å². The lowest BCUT2D eigenvalue weighted by molar-refractivity contribution is -0.137. The van der Waals surface area contributed by atoms with E-state index in [1.807, 2.05) is 0 Å². The van der Waals surface area contributed by atoms with Crippen molar-refractivity contribution in [2.45, 2.75) is 11.1 Å². The van der Waals surface area contributed by atoms with Crippen LogP contribution in [0.25, 0.3) is 11.0 Å². The number of carbonyl (C=O) groups is 1. The van der Waals surface area contributed by atoms with E-state index in [2.05, 4.69) is 24.7 Å². The van der Waals surface area contributed by atoms with E-state index in [0.29, 0.717) is 17.1 Å². The van der Waals surface area contributed by atoms with Gasteiger partial charge in [-0.1, -0.05) is 11.6 Å². The van der Waals surface area contributed by atoms with Crippen LogP contribution in [0.3, 0.4) is 0 Å². The summed E-state index contributed by atoms with van der Waals surface area (Å²) in [6.45, 7) is 0. The third kappa shape index (κ3) is 4.14. The number of anilines is 1. The van der Waals surface area contributed by atoms with E-state index in [0.717, 1.165) is 6.07 Å². The lowest BCUT2D eigenvalue weighted by Gasteiger charge is -2.13. The fraction of sp³-hybridized carbons (Fsp3) is 0.0526. The molecule has 0 amide bonds. The lowest BCUT2D eigenvalue weighted by atomic mass is 10.1. The molecule has 1 unspecified atom stereocenters. The highest BCUT2D eigenvalue weighted by Gasteiger charge is 2.34. The Bertz CT molecular complexity index is 1330. The molecule has 12 heteroatoms. The molecule has 3 aromatic heterocycles. The number of benzene rings is 1. The first-order valence-electron chi connectivity index (χ1n) is 8.58. The highest BCUT2D eigenvalue weighted by molar-refractivity contribution is 7.86. The van der Waals surface area contributed by atoms with E-state index in [-0.39, 0.29) is 22.0 Å². The number of halogens is 4. The summed E-state index contributed by atoms with van der Waals surface area (Å²) >= 11 is 5.61. The summed E-state index contributed by atoms with van der Waals surface area (Å²) in [5.74, 6) is -0.570. The molecule has 0 bridgehead atoms. The first-order valence-corrected chi connectivity index (χ1v) is 10.1. The van der Waals surface area contributed by atoms with Crippen molar-refractivity contribution >= 4 is 45.1 Å². The topological polar surface area (TPSA) is 101 Å². The molecule has 158 valence electrons. The molecular weight excluding hydrogens is 455 g/mol. The van der Waals surface area contributed by atoms with Gasteiger partial charge in [0, 0.05) is 17.8 Å². The molecule has 4 aromatic rings. The van der Waals surface area contributed by atoms with Crippen LogP contribution >= 0.6 is 11.6 Å². The van der Waals surface area contributed by atoms with Crippen LogP contribution in [-0.4, -0.2) is 29.9 Å². The van der Waals surface area contributed by atoms with Gasteiger partial charge in [0.15, 0.2) is 0 Å². The van der Waals surface area contributed by atoms with E-state index in [1.54, 1.807) is 12.3 Å². The van der Waals surface area contributed by atoms with E-state index in [1.165, 1.54) is 30.7 Å². The first-order chi connectivity index (χ1) is 14.8. The minimum absolute atomic E-state index is 0.0663. The molecule has 2 N–H and O–H groups in total. The van der Waals surface area contributed by atoms with Crippen LogP contribution < -0.4 is 4.72 Å². The highest BCUT2D eigenvalue weighted by atomic mass is 35.5. The van der Waals surface area contributed by atoms with Gasteiger partial charge in [-0.3, -0.25) is 14.5 Å². The number of nitrogens with zero attached hydrogens (tertiary/aromatic N) is 3. The third-order valence-electron chi connectivity index (χ3n) is 4.25. The normalized spacial score (nSPS) is 12.6. The summed E-state index contributed by atoms with van der Waals surface area (Å²) in [5.41, 5.74) is -0.614. The Kier molecular flexibility index (Phi) is 5.46. The van der Waals surface area contributed by atoms with Crippen LogP contribution in [0.1, 0.15) is 21.7 Å². The minimum Gasteiger partial charge on any atom is -0.346 e. The summed E-state index contributed by atoms with van der Waals surface area (Å²) in [5, 5.41) is -0.0393. The number of aromatic nitrogens is 4. The quantitative estimate of drug-likeness (QED) is 0.426. The number of fused-ring (bicyclic) bond motifs is 1. The molecule has 4 rings (SSSR count). The molecule has 0 radical (unpaired) electrons. The maximum absolute atomic E-state index is 13.1. The van der Waals surface area contributed by atoms with Gasteiger partial charge in [-0.15, -0.1) is 0 Å². The second-order valence-electron chi connectivity index (χ2n) is 6.20. The number of nitrogens with one attached hydrogen (secondary N) is 2. The zero-order valence-electron chi connectivity index (χ0n) is 15.3. The molecule has 0 aliphatic rings. The number of alkyl halides is 3. The molecule has 0 aliphatic heterocycles. The van der Waals surface area contributed by atoms with E-state index >= 15 is 0 Å². The van der Waals surface area contributed by atoms with Crippen molar-refractivity contribution in [2.75, 3.05) is 4.72 Å². The van der Waals surface area contributed by atoms with Gasteiger partial charge in [-0.05, 0) is 36.4 Å². The number of carbonyl (C=O) groups excluding carboxylic acids is 1. The van der Waals surface area contributed by atoms with Crippen LogP contribution in [0, 0.1) is 0 Å². The largest absolute Gasteiger partial charge is 0.417 e. The minimum atomic E-state index is -4.71. The van der Waals surface area contributed by atoms with Crippen molar-refractivity contribution in [3.05, 3.63) is 77.1 Å². The number of rotatable bonds is 5. The zero-order chi connectivity index (χ0) is 22.2. The van der Waals surface area contributed by atoms with E-state index in [9.17, 15) is 22.2 Å². The SMILES string of the molecule is O=C(c1ncccc1NS(=O)c1ccc(Cl)c(C(F)(F)F)c1)c1ncnc2[nH]ccc12. The van der Waals surface area contributed by atoms with Crippen LogP contribution in [0.4, 0.5) is 18.9 Å². The Morgan fingerprint density at radius 2 is 1.90 bits per heavy atom. The molecular formula is C19H11ClF3N5O2S. The van der Waals surface area contributed by atoms with Crippen LogP contribution in [0.15, 0.2) is 60.0 Å². The smallest absolute Gasteiger partial charge is 0.346 e. The average Bonchev–Trinajstić information content (AvgIpc) is 3.22. The predicted octanol–water partition coefficient (Wildman–Crippen LogP) is 4.39. The summed E-state index contributed by atoms with van der Waals surface area (Å²) in [7, 11) is -2.13. The first kappa shape index (κ1) is 20.9. The Balaban J connectivity index is 1.68. The fourth-order valence-electron chi connectivity index (χ4n) is 2.83. The van der Waals surface area contributed by atoms with Crippen molar-refractivity contribution in [1.82, 2.24) is 19.9 Å². The fourth-order valence-corrected chi connectivity index (χ4v) is 3.95. The maximum atomic E-state index is 13.1. The monoisotopic (exact) mass is 465 g/mol. The number of aromatic amines is 1. The van der Waals surface area contributed by atoms with Crippen molar-refractivity contribution in [1.29, 1.82) is 0 Å². The number of hydrogen-bond acceptors (Lipinski definition) is 5. The number of H-pyrrole nitrogens is 1. The number of ketones is 1. The van der Waals surface area contributed by atoms with Gasteiger partial charge in [-0.2, -0.15) is 13.2 Å². The Morgan fingerprint density at radius 1 is 1.10 bits per heavy atom. The van der Waals surface area contributed by atoms with Gasteiger partial charge in [-0.25, -0.2) is 14.2 Å². The molecule has 1 atom stereocenters. The maximum Gasteiger partial charge on any atom is 0.417 e. The zero-order valence-corrected chi connectivity index (χ0v) is 16.8. The van der Waals surface area contributed by atoms with Crippen LogP contribution in [0.5, 0.6) is 0 Å². The van der Waals surface area contributed by atoms with E-state index in [4.69, 9.17) is 11.6 Å². The summed E-state index contributed by atoms with van der Waals surface area (Å²) < 4.78 is 54.6. The summed E-state index contributed by atoms with van der Waals surface area (Å²) in [6.07, 6.45) is -0.531. The molecule has 0 saturated carbocycles. The summed E-state index contributed by atoms with van der Waals surface area (Å²) in [6, 6.07) is 7.46. The van der Waals surface area contributed by atoms with Gasteiger partial charge in [0.1, 0.15) is 34.3 Å². The standard InChI is InChI=1S/C19H11ClF3N5O2S/c20-13-4-3-10(8-12(13)19(21,22)23)31(30)28-14-2-1-6-24-16(14)17(29)15-11-5-7-25-18(11)27-9-26-15/h1-9,28H,(H,25,26,27). The molecule has 0 aliphatic carbocycles. The van der Waals surface area contributed by atoms with E-state index < -0.39 is 33.5 Å². The Morgan fingerprint density at radius 3 is 2.68 bits per heavy atom. The highest BCUT2D eigenvalue weighted by Crippen LogP contribution is 2.36. The second-order valence-corrected chi connectivity index (χ2v) is 7.82. The second kappa shape index (κ2) is 8.08. The summed E-state index contributed by atoms with van der Waals surface area (Å²) in [4.78, 5) is 27.8. The average molecular weight is 466 g/mol. The molecule has 0 fully saturated rings. The van der Waals surface area contributed by atoms with Gasteiger partial charge >= 0.3 is 6.18 Å². The van der Waals surface area contributed by atoms with Gasteiger partial charge in [0.25, 0.3) is 0 Å². The Labute approximate surface area is 180 Å². The third-order valence-corrected chi connectivity index (χ3v) is 5.67. The molecule has 3 heterocycles. The van der Waals surface area contributed by atoms with Gasteiger partial charge in [0.2, 0.25) is 5.78 Å². The van der Waals surface area contributed by atoms with Crippen LogP contribution in [-0.2, 0) is 17.2 Å².